The average Bonchev–Trinajstić information content (AvgIpc) is 2.55. The van der Waals surface area contributed by atoms with E-state index in [1.54, 1.807) is 19.1 Å². The van der Waals surface area contributed by atoms with Crippen molar-refractivity contribution in [3.05, 3.63) is 53.6 Å². The first-order valence-corrected chi connectivity index (χ1v) is 9.94. The summed E-state index contributed by atoms with van der Waals surface area (Å²) in [6.45, 7) is 1.66. The molecule has 0 fully saturated rings. The Morgan fingerprint density at radius 2 is 1.85 bits per heavy atom. The highest BCUT2D eigenvalue weighted by Gasteiger charge is 2.20. The van der Waals surface area contributed by atoms with Gasteiger partial charge in [-0.05, 0) is 36.8 Å². The zero-order valence-electron chi connectivity index (χ0n) is 14.4. The van der Waals surface area contributed by atoms with E-state index in [9.17, 15) is 22.0 Å². The zero-order chi connectivity index (χ0) is 19.5. The topological polar surface area (TPSA) is 66.5 Å². The van der Waals surface area contributed by atoms with E-state index in [1.807, 2.05) is 0 Å². The predicted molar refractivity (Wildman–Crippen MR) is 97.8 cm³/mol. The van der Waals surface area contributed by atoms with Crippen LogP contribution < -0.4 is 5.32 Å². The summed E-state index contributed by atoms with van der Waals surface area (Å²) in [7, 11) is -0.790. The Balaban J connectivity index is 2.10. The van der Waals surface area contributed by atoms with Crippen molar-refractivity contribution in [1.82, 2.24) is 4.31 Å². The molecule has 2 aromatic carbocycles. The molecule has 0 aliphatic heterocycles. The van der Waals surface area contributed by atoms with Gasteiger partial charge in [-0.25, -0.2) is 21.5 Å². The predicted octanol–water partition coefficient (Wildman–Crippen LogP) is 3.25. The van der Waals surface area contributed by atoms with Gasteiger partial charge in [0.25, 0.3) is 0 Å². The Morgan fingerprint density at radius 1 is 1.15 bits per heavy atom. The van der Waals surface area contributed by atoms with Gasteiger partial charge >= 0.3 is 0 Å². The second-order valence-electron chi connectivity index (χ2n) is 5.68. The molecule has 5 nitrogen and oxygen atoms in total. The van der Waals surface area contributed by atoms with E-state index in [0.717, 1.165) is 28.2 Å². The van der Waals surface area contributed by atoms with Crippen LogP contribution in [0.2, 0.25) is 0 Å². The second kappa shape index (κ2) is 8.15. The molecule has 2 rings (SSSR count). The molecule has 0 aliphatic rings. The fourth-order valence-electron chi connectivity index (χ4n) is 2.09. The smallest absolute Gasteiger partial charge is 0.242 e. The van der Waals surface area contributed by atoms with Crippen LogP contribution in [0, 0.1) is 18.6 Å². The third-order valence-electron chi connectivity index (χ3n) is 3.48. The van der Waals surface area contributed by atoms with Crippen molar-refractivity contribution >= 4 is 33.4 Å². The monoisotopic (exact) mass is 400 g/mol. The summed E-state index contributed by atoms with van der Waals surface area (Å²) in [6, 6.07) is 7.69. The summed E-state index contributed by atoms with van der Waals surface area (Å²) in [5.74, 6) is -1.97. The first-order chi connectivity index (χ1) is 12.1. The third-order valence-corrected chi connectivity index (χ3v) is 6.49. The number of anilines is 1. The standard InChI is InChI=1S/C17H18F2N2O3S2/c1-11-4-6-13(9-16(11)26(23,24)21(2)3)20-17(22)10-25-15-7-5-12(18)8-14(15)19/h4-9H,10H2,1-3H3,(H,20,22). The van der Waals surface area contributed by atoms with Gasteiger partial charge in [0.1, 0.15) is 11.6 Å². The van der Waals surface area contributed by atoms with Crippen molar-refractivity contribution in [3.8, 4) is 0 Å². The maximum absolute atomic E-state index is 13.6. The van der Waals surface area contributed by atoms with Crippen LogP contribution >= 0.6 is 11.8 Å². The fourth-order valence-corrected chi connectivity index (χ4v) is 3.95. The minimum absolute atomic E-state index is 0.0949. The molecule has 0 heterocycles. The summed E-state index contributed by atoms with van der Waals surface area (Å²) in [5.41, 5.74) is 0.876. The molecule has 0 saturated heterocycles. The second-order valence-corrected chi connectivity index (χ2v) is 8.82. The van der Waals surface area contributed by atoms with Gasteiger partial charge < -0.3 is 5.32 Å². The van der Waals surface area contributed by atoms with Gasteiger partial charge in [0.15, 0.2) is 0 Å². The number of amides is 1. The lowest BCUT2D eigenvalue weighted by atomic mass is 10.2. The van der Waals surface area contributed by atoms with Crippen molar-refractivity contribution in [2.24, 2.45) is 0 Å². The maximum atomic E-state index is 13.6. The first kappa shape index (κ1) is 20.3. The molecule has 0 aliphatic carbocycles. The lowest BCUT2D eigenvalue weighted by molar-refractivity contribution is -0.113. The molecule has 9 heteroatoms. The Bertz CT molecular complexity index is 932. The van der Waals surface area contributed by atoms with Crippen LogP contribution in [0.4, 0.5) is 14.5 Å². The number of sulfonamides is 1. The van der Waals surface area contributed by atoms with Crippen molar-refractivity contribution in [1.29, 1.82) is 0 Å². The lowest BCUT2D eigenvalue weighted by Crippen LogP contribution is -2.23. The number of benzene rings is 2. The van der Waals surface area contributed by atoms with Crippen molar-refractivity contribution < 1.29 is 22.0 Å². The average molecular weight is 400 g/mol. The van der Waals surface area contributed by atoms with Gasteiger partial charge in [-0.15, -0.1) is 11.8 Å². The number of carbonyl (C=O) groups is 1. The van der Waals surface area contributed by atoms with Crippen molar-refractivity contribution in [2.75, 3.05) is 25.2 Å². The fraction of sp³-hybridized carbons (Fsp3) is 0.235. The van der Waals surface area contributed by atoms with Crippen molar-refractivity contribution in [3.63, 3.8) is 0 Å². The van der Waals surface area contributed by atoms with E-state index in [1.165, 1.54) is 26.2 Å². The number of thioether (sulfide) groups is 1. The van der Waals surface area contributed by atoms with Crippen molar-refractivity contribution in [2.45, 2.75) is 16.7 Å². The molecule has 1 amide bonds. The van der Waals surface area contributed by atoms with Gasteiger partial charge in [0.05, 0.1) is 10.6 Å². The molecule has 26 heavy (non-hydrogen) atoms. The highest BCUT2D eigenvalue weighted by atomic mass is 32.2. The number of hydrogen-bond acceptors (Lipinski definition) is 4. The molecule has 0 spiro atoms. The molecular weight excluding hydrogens is 382 g/mol. The summed E-state index contributed by atoms with van der Waals surface area (Å²) >= 11 is 0.921. The Kier molecular flexibility index (Phi) is 6.38. The van der Waals surface area contributed by atoms with E-state index in [-0.39, 0.29) is 15.5 Å². The maximum Gasteiger partial charge on any atom is 0.242 e. The minimum atomic E-state index is -3.64. The largest absolute Gasteiger partial charge is 0.325 e. The molecule has 0 bridgehead atoms. The molecule has 0 aromatic heterocycles. The van der Waals surface area contributed by atoms with Crippen LogP contribution in [0.1, 0.15) is 5.56 Å². The van der Waals surface area contributed by atoms with Gasteiger partial charge in [-0.1, -0.05) is 6.07 Å². The molecule has 0 radical (unpaired) electrons. The normalized spacial score (nSPS) is 11.6. The van der Waals surface area contributed by atoms with Crippen LogP contribution in [0.25, 0.3) is 0 Å². The number of nitrogens with one attached hydrogen (secondary N) is 1. The van der Waals surface area contributed by atoms with E-state index >= 15 is 0 Å². The molecule has 1 N–H and O–H groups in total. The zero-order valence-corrected chi connectivity index (χ0v) is 16.0. The quantitative estimate of drug-likeness (QED) is 0.756. The molecule has 0 saturated carbocycles. The minimum Gasteiger partial charge on any atom is -0.325 e. The molecular formula is C17H18F2N2O3S2. The lowest BCUT2D eigenvalue weighted by Gasteiger charge is -2.15. The van der Waals surface area contributed by atoms with E-state index < -0.39 is 27.6 Å². The van der Waals surface area contributed by atoms with Crippen LogP contribution in [0.5, 0.6) is 0 Å². The van der Waals surface area contributed by atoms with Crippen LogP contribution in [0.15, 0.2) is 46.2 Å². The van der Waals surface area contributed by atoms with Gasteiger partial charge in [-0.3, -0.25) is 4.79 Å². The number of halogens is 2. The van der Waals surface area contributed by atoms with Gasteiger partial charge in [0, 0.05) is 30.7 Å². The number of aryl methyl sites for hydroxylation is 1. The number of nitrogens with zero attached hydrogens (tertiary/aromatic N) is 1. The summed E-state index contributed by atoms with van der Waals surface area (Å²) in [5, 5.41) is 2.58. The first-order valence-electron chi connectivity index (χ1n) is 7.52. The van der Waals surface area contributed by atoms with Crippen LogP contribution in [-0.2, 0) is 14.8 Å². The Labute approximate surface area is 155 Å². The highest BCUT2D eigenvalue weighted by molar-refractivity contribution is 8.00. The number of hydrogen-bond donors (Lipinski definition) is 1. The van der Waals surface area contributed by atoms with E-state index in [0.29, 0.717) is 11.3 Å². The van der Waals surface area contributed by atoms with Gasteiger partial charge in [0.2, 0.25) is 15.9 Å². The van der Waals surface area contributed by atoms with Crippen LogP contribution in [-0.4, -0.2) is 38.5 Å². The SMILES string of the molecule is Cc1ccc(NC(=O)CSc2ccc(F)cc2F)cc1S(=O)(=O)N(C)C. The summed E-state index contributed by atoms with van der Waals surface area (Å²) in [6.07, 6.45) is 0. The summed E-state index contributed by atoms with van der Waals surface area (Å²) in [4.78, 5) is 12.3. The van der Waals surface area contributed by atoms with E-state index in [4.69, 9.17) is 0 Å². The molecule has 140 valence electrons. The number of carbonyl (C=O) groups excluding carboxylic acids is 1. The Hall–Kier alpha value is -1.97. The van der Waals surface area contributed by atoms with E-state index in [2.05, 4.69) is 5.32 Å². The molecule has 2 aromatic rings. The third kappa shape index (κ3) is 4.80. The molecule has 0 atom stereocenters. The highest BCUT2D eigenvalue weighted by Crippen LogP contribution is 2.24. The number of rotatable bonds is 6. The van der Waals surface area contributed by atoms with Gasteiger partial charge in [-0.2, -0.15) is 0 Å². The summed E-state index contributed by atoms with van der Waals surface area (Å²) < 4.78 is 52.1. The Morgan fingerprint density at radius 3 is 2.46 bits per heavy atom. The van der Waals surface area contributed by atoms with Crippen LogP contribution in [0.3, 0.4) is 0 Å². The molecule has 0 unspecified atom stereocenters.